The fourth-order valence-corrected chi connectivity index (χ4v) is 5.17. The molecule has 0 radical (unpaired) electrons. The number of ether oxygens (including phenoxy) is 2. The second-order valence-electron chi connectivity index (χ2n) is 7.31. The summed E-state index contributed by atoms with van der Waals surface area (Å²) in [6.07, 6.45) is 1.39. The van der Waals surface area contributed by atoms with E-state index in [1.807, 2.05) is 41.8 Å². The molecule has 27 heavy (non-hydrogen) atoms. The summed E-state index contributed by atoms with van der Waals surface area (Å²) in [4.78, 5) is 28.0. The van der Waals surface area contributed by atoms with Gasteiger partial charge in [-0.15, -0.1) is 0 Å². The first kappa shape index (κ1) is 17.2. The van der Waals surface area contributed by atoms with Gasteiger partial charge in [0.2, 0.25) is 5.43 Å². The number of nitrogens with zero attached hydrogens (tertiary/aromatic N) is 2. The lowest BCUT2D eigenvalue weighted by Crippen LogP contribution is -2.48. The summed E-state index contributed by atoms with van der Waals surface area (Å²) in [7, 11) is 0. The third kappa shape index (κ3) is 2.55. The van der Waals surface area contributed by atoms with Crippen LogP contribution in [0.25, 0.3) is 0 Å². The van der Waals surface area contributed by atoms with Gasteiger partial charge >= 0.3 is 0 Å². The molecule has 0 aliphatic carbocycles. The highest BCUT2D eigenvalue weighted by molar-refractivity contribution is 14.1. The van der Waals surface area contributed by atoms with Crippen LogP contribution in [0.2, 0.25) is 0 Å². The average molecular weight is 478 g/mol. The van der Waals surface area contributed by atoms with Crippen LogP contribution in [-0.2, 0) is 17.8 Å². The van der Waals surface area contributed by atoms with E-state index in [0.717, 1.165) is 24.1 Å². The lowest BCUT2D eigenvalue weighted by Gasteiger charge is -2.36. The number of aromatic nitrogens is 1. The summed E-state index contributed by atoms with van der Waals surface area (Å²) < 4.78 is 14.7. The number of halogens is 1. The second-order valence-corrected chi connectivity index (χ2v) is 8.39. The lowest BCUT2D eigenvalue weighted by molar-refractivity contribution is -0.0310. The fourth-order valence-electron chi connectivity index (χ4n) is 4.40. The number of rotatable bonds is 3. The molecule has 0 bridgehead atoms. The molecule has 7 heteroatoms. The molecule has 0 N–H and O–H groups in total. The van der Waals surface area contributed by atoms with E-state index >= 15 is 0 Å². The molecule has 140 valence electrons. The molecule has 1 amide bonds. The first-order chi connectivity index (χ1) is 13.1. The summed E-state index contributed by atoms with van der Waals surface area (Å²) in [5.41, 5.74) is 2.10. The van der Waals surface area contributed by atoms with E-state index in [1.54, 1.807) is 4.90 Å². The quantitative estimate of drug-likeness (QED) is 0.637. The molecule has 6 nitrogen and oxygen atoms in total. The van der Waals surface area contributed by atoms with Gasteiger partial charge in [0.05, 0.1) is 15.7 Å². The molecule has 0 spiro atoms. The van der Waals surface area contributed by atoms with Crippen LogP contribution in [0.5, 0.6) is 5.75 Å². The molecule has 2 unspecified atom stereocenters. The third-order valence-electron chi connectivity index (χ3n) is 5.57. The molecule has 3 aliphatic rings. The van der Waals surface area contributed by atoms with Crippen LogP contribution in [-0.4, -0.2) is 34.3 Å². The first-order valence-corrected chi connectivity index (χ1v) is 10.2. The molecule has 5 rings (SSSR count). The van der Waals surface area contributed by atoms with Gasteiger partial charge in [-0.25, -0.2) is 0 Å². The van der Waals surface area contributed by atoms with Crippen molar-refractivity contribution in [3.05, 3.63) is 61.1 Å². The number of amides is 1. The van der Waals surface area contributed by atoms with E-state index in [2.05, 4.69) is 22.6 Å². The maximum Gasteiger partial charge on any atom is 0.276 e. The molecule has 1 aromatic carbocycles. The van der Waals surface area contributed by atoms with E-state index in [-0.39, 0.29) is 42.1 Å². The Bertz CT molecular complexity index is 988. The van der Waals surface area contributed by atoms with E-state index in [4.69, 9.17) is 9.47 Å². The Kier molecular flexibility index (Phi) is 4.05. The highest BCUT2D eigenvalue weighted by atomic mass is 127. The van der Waals surface area contributed by atoms with Crippen LogP contribution >= 0.6 is 22.6 Å². The van der Waals surface area contributed by atoms with E-state index < -0.39 is 0 Å². The van der Waals surface area contributed by atoms with Crippen molar-refractivity contribution in [2.24, 2.45) is 0 Å². The van der Waals surface area contributed by atoms with Crippen LogP contribution in [0, 0.1) is 3.57 Å². The largest absolute Gasteiger partial charge is 0.483 e. The summed E-state index contributed by atoms with van der Waals surface area (Å²) in [5, 5.41) is 0. The van der Waals surface area contributed by atoms with Gasteiger partial charge in [-0.05, 0) is 47.9 Å². The van der Waals surface area contributed by atoms with Gasteiger partial charge in [0.25, 0.3) is 5.91 Å². The highest BCUT2D eigenvalue weighted by Gasteiger charge is 2.50. The Morgan fingerprint density at radius 3 is 2.81 bits per heavy atom. The minimum absolute atomic E-state index is 0.00241. The van der Waals surface area contributed by atoms with Crippen molar-refractivity contribution >= 4 is 28.5 Å². The zero-order valence-electron chi connectivity index (χ0n) is 14.9. The molecule has 2 aromatic rings. The average Bonchev–Trinajstić information content (AvgIpc) is 3.27. The number of benzene rings is 1. The van der Waals surface area contributed by atoms with Gasteiger partial charge in [-0.2, -0.15) is 0 Å². The van der Waals surface area contributed by atoms with Crippen molar-refractivity contribution in [1.29, 1.82) is 0 Å². The SMILES string of the molecule is C[C@@H]1CN2C(=O)c3c(OCc4ccccc4)c(=O)c(I)c4n3C(CC4)C2O1. The predicted octanol–water partition coefficient (Wildman–Crippen LogP) is 2.72. The van der Waals surface area contributed by atoms with Crippen LogP contribution in [0.1, 0.15) is 41.1 Å². The molecular weight excluding hydrogens is 459 g/mol. The Balaban J connectivity index is 1.63. The van der Waals surface area contributed by atoms with Crippen LogP contribution in [0.4, 0.5) is 0 Å². The molecule has 4 heterocycles. The van der Waals surface area contributed by atoms with Crippen molar-refractivity contribution < 1.29 is 14.3 Å². The lowest BCUT2D eigenvalue weighted by atomic mass is 10.1. The van der Waals surface area contributed by atoms with Crippen molar-refractivity contribution in [1.82, 2.24) is 9.47 Å². The van der Waals surface area contributed by atoms with Crippen LogP contribution < -0.4 is 10.2 Å². The van der Waals surface area contributed by atoms with Crippen LogP contribution in [0.15, 0.2) is 35.1 Å². The number of pyridine rings is 1. The number of fused-ring (bicyclic) bond motifs is 2. The second kappa shape index (κ2) is 6.34. The highest BCUT2D eigenvalue weighted by Crippen LogP contribution is 2.43. The van der Waals surface area contributed by atoms with Crippen molar-refractivity contribution in [2.45, 2.75) is 44.7 Å². The summed E-state index contributed by atoms with van der Waals surface area (Å²) in [6, 6.07) is 9.72. The number of hydrogen-bond acceptors (Lipinski definition) is 4. The predicted molar refractivity (Wildman–Crippen MR) is 107 cm³/mol. The minimum Gasteiger partial charge on any atom is -0.483 e. The van der Waals surface area contributed by atoms with Gasteiger partial charge in [0, 0.05) is 12.2 Å². The van der Waals surface area contributed by atoms with Gasteiger partial charge in [0.1, 0.15) is 6.61 Å². The Morgan fingerprint density at radius 1 is 1.26 bits per heavy atom. The Hall–Kier alpha value is -1.87. The summed E-state index contributed by atoms with van der Waals surface area (Å²) in [5.74, 6) is 0.00205. The van der Waals surface area contributed by atoms with Gasteiger partial charge in [-0.1, -0.05) is 30.3 Å². The monoisotopic (exact) mass is 478 g/mol. The maximum absolute atomic E-state index is 13.3. The molecule has 0 saturated carbocycles. The van der Waals surface area contributed by atoms with E-state index in [1.165, 1.54) is 0 Å². The molecular formula is C20H19IN2O4. The molecule has 3 aliphatic heterocycles. The van der Waals surface area contributed by atoms with Gasteiger partial charge in [-0.3, -0.25) is 9.59 Å². The summed E-state index contributed by atoms with van der Waals surface area (Å²) >= 11 is 2.09. The molecule has 1 saturated heterocycles. The normalized spacial score (nSPS) is 25.5. The number of hydrogen-bond donors (Lipinski definition) is 0. The van der Waals surface area contributed by atoms with Gasteiger partial charge in [0.15, 0.2) is 17.7 Å². The molecule has 1 fully saturated rings. The zero-order chi connectivity index (χ0) is 18.7. The number of carbonyl (C=O) groups is 1. The van der Waals surface area contributed by atoms with Crippen molar-refractivity contribution in [2.75, 3.05) is 6.54 Å². The van der Waals surface area contributed by atoms with Crippen LogP contribution in [0.3, 0.4) is 0 Å². The fraction of sp³-hybridized carbons (Fsp3) is 0.400. The first-order valence-electron chi connectivity index (χ1n) is 9.16. The smallest absolute Gasteiger partial charge is 0.276 e. The standard InChI is InChI=1S/C20H19IN2O4/c1-11-9-22-19(25)16-18(26-10-12-5-3-2-4-6-12)17(24)15(21)13-7-8-14(23(13)16)20(22)27-11/h2-6,11,14,20H,7-10H2,1H3/t11-,14?,20?/m1/s1. The third-order valence-corrected chi connectivity index (χ3v) is 6.68. The van der Waals surface area contributed by atoms with Crippen molar-refractivity contribution in [3.8, 4) is 5.75 Å². The maximum atomic E-state index is 13.3. The topological polar surface area (TPSA) is 60.8 Å². The zero-order valence-corrected chi connectivity index (χ0v) is 17.0. The summed E-state index contributed by atoms with van der Waals surface area (Å²) in [6.45, 7) is 2.78. The Morgan fingerprint density at radius 2 is 2.04 bits per heavy atom. The Labute approximate surface area is 170 Å². The molecule has 3 atom stereocenters. The van der Waals surface area contributed by atoms with Crippen molar-refractivity contribution in [3.63, 3.8) is 0 Å². The van der Waals surface area contributed by atoms with E-state index in [9.17, 15) is 9.59 Å². The van der Waals surface area contributed by atoms with E-state index in [0.29, 0.717) is 15.8 Å². The molecule has 1 aromatic heterocycles. The minimum atomic E-state index is -0.249. The van der Waals surface area contributed by atoms with Gasteiger partial charge < -0.3 is 18.9 Å². The number of carbonyl (C=O) groups excluding carboxylic acids is 1.